The number of esters is 1. The molecule has 1 aliphatic rings. The summed E-state index contributed by atoms with van der Waals surface area (Å²) in [6, 6.07) is 0. The second-order valence-corrected chi connectivity index (χ2v) is 5.56. The van der Waals surface area contributed by atoms with Crippen molar-refractivity contribution >= 4 is 11.8 Å². The highest BCUT2D eigenvalue weighted by molar-refractivity contribution is 6.17. The summed E-state index contributed by atoms with van der Waals surface area (Å²) in [6.45, 7) is 4.33. The second kappa shape index (κ2) is 10.4. The molecule has 0 amide bonds. The fraction of sp³-hybridized carbons (Fsp3) is 0.667. The molecule has 0 heterocycles. The molecule has 0 saturated carbocycles. The van der Waals surface area contributed by atoms with Crippen molar-refractivity contribution in [2.24, 2.45) is 0 Å². The van der Waals surface area contributed by atoms with Crippen molar-refractivity contribution in [1.29, 1.82) is 0 Å². The SMILES string of the molecule is CCCCCCOC(=O)C(=CC1=CCCCC1)C(=O)CC. The molecule has 0 aromatic heterocycles. The number of ketones is 1. The molecule has 0 aromatic rings. The van der Waals surface area contributed by atoms with E-state index in [1.165, 1.54) is 6.42 Å². The molecule has 0 aromatic carbocycles. The lowest BCUT2D eigenvalue weighted by molar-refractivity contribution is -0.140. The molecule has 0 aliphatic heterocycles. The Labute approximate surface area is 128 Å². The minimum Gasteiger partial charge on any atom is -0.462 e. The van der Waals surface area contributed by atoms with Crippen LogP contribution in [0.2, 0.25) is 0 Å². The van der Waals surface area contributed by atoms with E-state index in [-0.39, 0.29) is 11.4 Å². The summed E-state index contributed by atoms with van der Waals surface area (Å²) in [5.41, 5.74) is 1.32. The minimum atomic E-state index is -0.454. The third-order valence-corrected chi connectivity index (χ3v) is 3.73. The predicted molar refractivity (Wildman–Crippen MR) is 85.0 cm³/mol. The van der Waals surface area contributed by atoms with E-state index >= 15 is 0 Å². The van der Waals surface area contributed by atoms with Crippen molar-refractivity contribution < 1.29 is 14.3 Å². The van der Waals surface area contributed by atoms with Gasteiger partial charge in [-0.05, 0) is 38.2 Å². The Balaban J connectivity index is 2.60. The predicted octanol–water partition coefficient (Wildman–Crippen LogP) is 4.52. The van der Waals surface area contributed by atoms with Gasteiger partial charge in [0.15, 0.2) is 5.78 Å². The van der Waals surface area contributed by atoms with E-state index in [0.29, 0.717) is 13.0 Å². The van der Waals surface area contributed by atoms with Gasteiger partial charge in [0, 0.05) is 6.42 Å². The smallest absolute Gasteiger partial charge is 0.341 e. The average molecular weight is 292 g/mol. The van der Waals surface area contributed by atoms with Crippen LogP contribution in [0.4, 0.5) is 0 Å². The summed E-state index contributed by atoms with van der Waals surface area (Å²) in [6.07, 6.45) is 12.8. The molecule has 0 unspecified atom stereocenters. The Hall–Kier alpha value is -1.38. The molecule has 3 nitrogen and oxygen atoms in total. The first kappa shape index (κ1) is 17.7. The molecule has 1 rings (SSSR count). The molecule has 0 atom stereocenters. The number of rotatable bonds is 9. The number of allylic oxidation sites excluding steroid dienone is 3. The largest absolute Gasteiger partial charge is 0.462 e. The lowest BCUT2D eigenvalue weighted by atomic mass is 9.96. The van der Waals surface area contributed by atoms with Crippen LogP contribution in [0.15, 0.2) is 23.3 Å². The van der Waals surface area contributed by atoms with Crippen LogP contribution in [0.5, 0.6) is 0 Å². The Bertz CT molecular complexity index is 405. The van der Waals surface area contributed by atoms with E-state index in [2.05, 4.69) is 13.0 Å². The monoisotopic (exact) mass is 292 g/mol. The van der Waals surface area contributed by atoms with Gasteiger partial charge in [-0.1, -0.05) is 44.8 Å². The van der Waals surface area contributed by atoms with Crippen LogP contribution in [0, 0.1) is 0 Å². The number of ether oxygens (including phenoxy) is 1. The van der Waals surface area contributed by atoms with Crippen molar-refractivity contribution in [2.45, 2.75) is 71.6 Å². The van der Waals surface area contributed by atoms with Crippen molar-refractivity contribution in [3.05, 3.63) is 23.3 Å². The molecule has 0 spiro atoms. The zero-order chi connectivity index (χ0) is 15.5. The van der Waals surface area contributed by atoms with Crippen LogP contribution in [0.3, 0.4) is 0 Å². The maximum absolute atomic E-state index is 12.1. The topological polar surface area (TPSA) is 43.4 Å². The molecule has 0 saturated heterocycles. The zero-order valence-corrected chi connectivity index (χ0v) is 13.5. The van der Waals surface area contributed by atoms with Crippen LogP contribution in [0.25, 0.3) is 0 Å². The van der Waals surface area contributed by atoms with Gasteiger partial charge in [-0.15, -0.1) is 0 Å². The van der Waals surface area contributed by atoms with Crippen molar-refractivity contribution in [3.63, 3.8) is 0 Å². The van der Waals surface area contributed by atoms with Gasteiger partial charge in [-0.25, -0.2) is 4.79 Å². The van der Waals surface area contributed by atoms with Crippen LogP contribution in [-0.4, -0.2) is 18.4 Å². The molecule has 118 valence electrons. The maximum atomic E-state index is 12.1. The summed E-state index contributed by atoms with van der Waals surface area (Å²) in [5.74, 6) is -0.579. The third-order valence-electron chi connectivity index (χ3n) is 3.73. The van der Waals surface area contributed by atoms with Crippen molar-refractivity contribution in [1.82, 2.24) is 0 Å². The van der Waals surface area contributed by atoms with Gasteiger partial charge in [0.25, 0.3) is 0 Å². The van der Waals surface area contributed by atoms with Gasteiger partial charge in [0.2, 0.25) is 0 Å². The molecule has 0 fully saturated rings. The molecule has 0 N–H and O–H groups in total. The highest BCUT2D eigenvalue weighted by Crippen LogP contribution is 2.20. The van der Waals surface area contributed by atoms with Gasteiger partial charge in [-0.2, -0.15) is 0 Å². The molecular weight excluding hydrogens is 264 g/mol. The Morgan fingerprint density at radius 1 is 1.19 bits per heavy atom. The number of carbonyl (C=O) groups excluding carboxylic acids is 2. The first-order valence-corrected chi connectivity index (χ1v) is 8.30. The molecule has 1 aliphatic carbocycles. The van der Waals surface area contributed by atoms with E-state index in [9.17, 15) is 9.59 Å². The highest BCUT2D eigenvalue weighted by Gasteiger charge is 2.19. The van der Waals surface area contributed by atoms with Gasteiger partial charge in [-0.3, -0.25) is 4.79 Å². The normalized spacial score (nSPS) is 15.5. The first-order valence-electron chi connectivity index (χ1n) is 8.30. The lowest BCUT2D eigenvalue weighted by Gasteiger charge is -2.11. The Morgan fingerprint density at radius 2 is 2.00 bits per heavy atom. The fourth-order valence-electron chi connectivity index (χ4n) is 2.39. The summed E-state index contributed by atoms with van der Waals surface area (Å²) in [7, 11) is 0. The van der Waals surface area contributed by atoms with Crippen LogP contribution in [0.1, 0.15) is 71.6 Å². The molecule has 0 bridgehead atoms. The van der Waals surface area contributed by atoms with E-state index in [4.69, 9.17) is 4.74 Å². The van der Waals surface area contributed by atoms with Gasteiger partial charge >= 0.3 is 5.97 Å². The van der Waals surface area contributed by atoms with Crippen molar-refractivity contribution in [3.8, 4) is 0 Å². The van der Waals surface area contributed by atoms with Crippen molar-refractivity contribution in [2.75, 3.05) is 6.61 Å². The van der Waals surface area contributed by atoms with E-state index in [1.807, 2.05) is 0 Å². The Kier molecular flexibility index (Phi) is 8.72. The average Bonchev–Trinajstić information content (AvgIpc) is 2.52. The number of carbonyl (C=O) groups is 2. The standard InChI is InChI=1S/C18H28O3/c1-3-5-6-10-13-21-18(20)16(17(19)4-2)14-15-11-8-7-9-12-15/h11,14H,3-10,12-13H2,1-2H3. The summed E-state index contributed by atoms with van der Waals surface area (Å²) < 4.78 is 5.26. The van der Waals surface area contributed by atoms with Crippen LogP contribution >= 0.6 is 0 Å². The number of hydrogen-bond donors (Lipinski definition) is 0. The number of unbranched alkanes of at least 4 members (excludes halogenated alkanes) is 3. The summed E-state index contributed by atoms with van der Waals surface area (Å²) in [5, 5.41) is 0. The quantitative estimate of drug-likeness (QED) is 0.206. The van der Waals surface area contributed by atoms with Gasteiger partial charge < -0.3 is 4.74 Å². The minimum absolute atomic E-state index is 0.125. The van der Waals surface area contributed by atoms with E-state index in [0.717, 1.165) is 50.5 Å². The first-order chi connectivity index (χ1) is 10.2. The van der Waals surface area contributed by atoms with Gasteiger partial charge in [0.05, 0.1) is 6.61 Å². The molecule has 21 heavy (non-hydrogen) atoms. The van der Waals surface area contributed by atoms with E-state index in [1.54, 1.807) is 13.0 Å². The van der Waals surface area contributed by atoms with Crippen LogP contribution < -0.4 is 0 Å². The van der Waals surface area contributed by atoms with Gasteiger partial charge in [0.1, 0.15) is 5.57 Å². The third kappa shape index (κ3) is 6.74. The zero-order valence-electron chi connectivity index (χ0n) is 13.5. The fourth-order valence-corrected chi connectivity index (χ4v) is 2.39. The summed E-state index contributed by atoms with van der Waals surface area (Å²) in [4.78, 5) is 24.1. The molecule has 3 heteroatoms. The number of hydrogen-bond acceptors (Lipinski definition) is 3. The Morgan fingerprint density at radius 3 is 2.62 bits per heavy atom. The van der Waals surface area contributed by atoms with Crippen LogP contribution in [-0.2, 0) is 14.3 Å². The summed E-state index contributed by atoms with van der Waals surface area (Å²) >= 11 is 0. The maximum Gasteiger partial charge on any atom is 0.341 e. The molecule has 0 radical (unpaired) electrons. The lowest BCUT2D eigenvalue weighted by Crippen LogP contribution is -2.16. The molecular formula is C18H28O3. The van der Waals surface area contributed by atoms with E-state index < -0.39 is 5.97 Å². The number of Topliss-reactive ketones (excluding diaryl/α,β-unsaturated/α-hetero) is 1. The second-order valence-electron chi connectivity index (χ2n) is 5.56. The highest BCUT2D eigenvalue weighted by atomic mass is 16.5.